The lowest BCUT2D eigenvalue weighted by Crippen LogP contribution is -2.47. The molecule has 1 aliphatic heterocycles. The molecular weight excluding hydrogens is 401 g/mol. The summed E-state index contributed by atoms with van der Waals surface area (Å²) >= 11 is 15.3. The van der Waals surface area contributed by atoms with E-state index in [0.29, 0.717) is 17.4 Å². The zero-order valence-electron chi connectivity index (χ0n) is 11.3. The second-order valence-corrected chi connectivity index (χ2v) is 8.49. The molecule has 0 N–H and O–H groups in total. The SMILES string of the molecule is CC(=O)C1CCCCN1S(=O)(=O)c1c(Cl)cc(Br)cc1Cl. The summed E-state index contributed by atoms with van der Waals surface area (Å²) in [6.07, 6.45) is 2.08. The van der Waals surface area contributed by atoms with Crippen molar-refractivity contribution in [3.05, 3.63) is 26.7 Å². The number of Topliss-reactive ketones (excluding diaryl/α,β-unsaturated/α-hetero) is 1. The molecule has 1 heterocycles. The molecule has 1 aromatic rings. The molecule has 1 aliphatic rings. The number of piperidine rings is 1. The number of carbonyl (C=O) groups is 1. The van der Waals surface area contributed by atoms with Gasteiger partial charge in [-0.3, -0.25) is 4.79 Å². The van der Waals surface area contributed by atoms with E-state index in [0.717, 1.165) is 12.8 Å². The topological polar surface area (TPSA) is 54.5 Å². The molecule has 0 spiro atoms. The Hall–Kier alpha value is -0.140. The lowest BCUT2D eigenvalue weighted by molar-refractivity contribution is -0.121. The minimum Gasteiger partial charge on any atom is -0.298 e. The fourth-order valence-electron chi connectivity index (χ4n) is 2.49. The van der Waals surface area contributed by atoms with Crippen LogP contribution in [-0.4, -0.2) is 31.1 Å². The predicted octanol–water partition coefficient (Wildman–Crippen LogP) is 3.89. The molecular formula is C13H14BrCl2NO3S. The van der Waals surface area contributed by atoms with Crippen LogP contribution in [0.3, 0.4) is 0 Å². The Bertz CT molecular complexity index is 655. The van der Waals surface area contributed by atoms with E-state index in [1.54, 1.807) is 0 Å². The fourth-order valence-corrected chi connectivity index (χ4v) is 6.09. The highest BCUT2D eigenvalue weighted by molar-refractivity contribution is 9.10. The lowest BCUT2D eigenvalue weighted by atomic mass is 10.0. The number of hydrogen-bond acceptors (Lipinski definition) is 3. The van der Waals surface area contributed by atoms with Gasteiger partial charge in [0.2, 0.25) is 10.0 Å². The number of hydrogen-bond donors (Lipinski definition) is 0. The highest BCUT2D eigenvalue weighted by Gasteiger charge is 2.38. The van der Waals surface area contributed by atoms with Gasteiger partial charge in [-0.05, 0) is 31.9 Å². The van der Waals surface area contributed by atoms with Crippen LogP contribution < -0.4 is 0 Å². The standard InChI is InChI=1S/C13H14BrCl2NO3S/c1-8(18)12-4-2-3-5-17(12)21(19,20)13-10(15)6-9(14)7-11(13)16/h6-7,12H,2-5H2,1H3. The molecule has 1 fully saturated rings. The maximum atomic E-state index is 12.8. The van der Waals surface area contributed by atoms with Crippen molar-refractivity contribution in [1.29, 1.82) is 0 Å². The summed E-state index contributed by atoms with van der Waals surface area (Å²) in [5, 5.41) is 0.0875. The Morgan fingerprint density at radius 1 is 1.29 bits per heavy atom. The number of nitrogens with zero attached hydrogens (tertiary/aromatic N) is 1. The van der Waals surface area contributed by atoms with Gasteiger partial charge < -0.3 is 0 Å². The number of benzene rings is 1. The van der Waals surface area contributed by atoms with Gasteiger partial charge in [-0.15, -0.1) is 0 Å². The molecule has 1 unspecified atom stereocenters. The van der Waals surface area contributed by atoms with Crippen molar-refractivity contribution in [2.45, 2.75) is 37.1 Å². The summed E-state index contributed by atoms with van der Waals surface area (Å²) < 4.78 is 27.5. The molecule has 4 nitrogen and oxygen atoms in total. The first-order valence-corrected chi connectivity index (χ1v) is 9.41. The minimum atomic E-state index is -3.91. The Kier molecular flexibility index (Phi) is 5.36. The summed E-state index contributed by atoms with van der Waals surface area (Å²) in [4.78, 5) is 11.6. The molecule has 0 bridgehead atoms. The van der Waals surface area contributed by atoms with E-state index >= 15 is 0 Å². The Labute approximate surface area is 142 Å². The molecule has 1 atom stereocenters. The first-order valence-electron chi connectivity index (χ1n) is 6.42. The van der Waals surface area contributed by atoms with Gasteiger partial charge in [-0.1, -0.05) is 45.6 Å². The van der Waals surface area contributed by atoms with Gasteiger partial charge in [0, 0.05) is 11.0 Å². The maximum Gasteiger partial charge on any atom is 0.246 e. The van der Waals surface area contributed by atoms with E-state index in [2.05, 4.69) is 15.9 Å². The van der Waals surface area contributed by atoms with Crippen molar-refractivity contribution in [3.8, 4) is 0 Å². The Morgan fingerprint density at radius 3 is 2.38 bits per heavy atom. The third-order valence-electron chi connectivity index (χ3n) is 3.45. The quantitative estimate of drug-likeness (QED) is 0.753. The van der Waals surface area contributed by atoms with Crippen LogP contribution in [0.2, 0.25) is 10.0 Å². The summed E-state index contributed by atoms with van der Waals surface area (Å²) in [7, 11) is -3.91. The summed E-state index contributed by atoms with van der Waals surface area (Å²) in [6.45, 7) is 1.71. The highest BCUT2D eigenvalue weighted by atomic mass is 79.9. The van der Waals surface area contributed by atoms with Crippen LogP contribution in [-0.2, 0) is 14.8 Å². The Balaban J connectivity index is 2.53. The lowest BCUT2D eigenvalue weighted by Gasteiger charge is -2.33. The van der Waals surface area contributed by atoms with E-state index in [1.165, 1.54) is 23.4 Å². The van der Waals surface area contributed by atoms with Crippen molar-refractivity contribution in [2.75, 3.05) is 6.54 Å². The van der Waals surface area contributed by atoms with Crippen LogP contribution in [0.1, 0.15) is 26.2 Å². The van der Waals surface area contributed by atoms with Gasteiger partial charge in [0.25, 0.3) is 0 Å². The second-order valence-electron chi connectivity index (χ2n) is 4.94. The number of carbonyl (C=O) groups excluding carboxylic acids is 1. The summed E-state index contributed by atoms with van der Waals surface area (Å²) in [5.74, 6) is -0.164. The fraction of sp³-hybridized carbons (Fsp3) is 0.462. The van der Waals surface area contributed by atoms with E-state index in [1.807, 2.05) is 0 Å². The molecule has 0 aromatic heterocycles. The van der Waals surface area contributed by atoms with E-state index < -0.39 is 16.1 Å². The number of rotatable bonds is 3. The van der Waals surface area contributed by atoms with Crippen LogP contribution in [0.25, 0.3) is 0 Å². The molecule has 0 saturated carbocycles. The van der Waals surface area contributed by atoms with Crippen LogP contribution in [0.5, 0.6) is 0 Å². The van der Waals surface area contributed by atoms with Gasteiger partial charge in [-0.25, -0.2) is 8.42 Å². The minimum absolute atomic E-state index is 0.0438. The molecule has 116 valence electrons. The molecule has 1 saturated heterocycles. The molecule has 1 aromatic carbocycles. The van der Waals surface area contributed by atoms with Gasteiger partial charge in [0.1, 0.15) is 10.7 Å². The molecule has 0 amide bonds. The van der Waals surface area contributed by atoms with Gasteiger partial charge in [0.05, 0.1) is 16.1 Å². The molecule has 8 heteroatoms. The average molecular weight is 415 g/mol. The zero-order valence-corrected chi connectivity index (χ0v) is 15.2. The first-order chi connectivity index (χ1) is 9.75. The Morgan fingerprint density at radius 2 is 1.86 bits per heavy atom. The highest BCUT2D eigenvalue weighted by Crippen LogP contribution is 2.36. The van der Waals surface area contributed by atoms with Crippen LogP contribution >= 0.6 is 39.1 Å². The van der Waals surface area contributed by atoms with Crippen LogP contribution in [0.4, 0.5) is 0 Å². The van der Waals surface area contributed by atoms with Crippen LogP contribution in [0.15, 0.2) is 21.5 Å². The van der Waals surface area contributed by atoms with E-state index in [-0.39, 0.29) is 20.7 Å². The smallest absolute Gasteiger partial charge is 0.246 e. The third kappa shape index (κ3) is 3.45. The second kappa shape index (κ2) is 6.54. The monoisotopic (exact) mass is 413 g/mol. The molecule has 21 heavy (non-hydrogen) atoms. The van der Waals surface area contributed by atoms with E-state index in [4.69, 9.17) is 23.2 Å². The number of ketones is 1. The van der Waals surface area contributed by atoms with Crippen molar-refractivity contribution < 1.29 is 13.2 Å². The summed E-state index contributed by atoms with van der Waals surface area (Å²) in [5.41, 5.74) is 0. The van der Waals surface area contributed by atoms with Crippen molar-refractivity contribution in [2.24, 2.45) is 0 Å². The van der Waals surface area contributed by atoms with Gasteiger partial charge >= 0.3 is 0 Å². The predicted molar refractivity (Wildman–Crippen MR) is 86.4 cm³/mol. The van der Waals surface area contributed by atoms with Crippen molar-refractivity contribution >= 4 is 54.9 Å². The number of sulfonamides is 1. The molecule has 2 rings (SSSR count). The normalized spacial score (nSPS) is 20.5. The number of halogens is 3. The van der Waals surface area contributed by atoms with E-state index in [9.17, 15) is 13.2 Å². The average Bonchev–Trinajstić information content (AvgIpc) is 2.37. The van der Waals surface area contributed by atoms with Crippen molar-refractivity contribution in [1.82, 2.24) is 4.31 Å². The molecule has 0 radical (unpaired) electrons. The van der Waals surface area contributed by atoms with Gasteiger partial charge in [-0.2, -0.15) is 4.31 Å². The van der Waals surface area contributed by atoms with Gasteiger partial charge in [0.15, 0.2) is 0 Å². The largest absolute Gasteiger partial charge is 0.298 e. The third-order valence-corrected chi connectivity index (χ3v) is 6.74. The van der Waals surface area contributed by atoms with Crippen LogP contribution in [0, 0.1) is 0 Å². The van der Waals surface area contributed by atoms with Crippen molar-refractivity contribution in [3.63, 3.8) is 0 Å². The maximum absolute atomic E-state index is 12.8. The zero-order chi connectivity index (χ0) is 15.8. The first kappa shape index (κ1) is 17.2. The summed E-state index contributed by atoms with van der Waals surface area (Å²) in [6, 6.07) is 2.32. The molecule has 0 aliphatic carbocycles.